The first kappa shape index (κ1) is 14.7. The number of methoxy groups -OCH3 is 1. The van der Waals surface area contributed by atoms with Gasteiger partial charge in [-0.2, -0.15) is 0 Å². The van der Waals surface area contributed by atoms with E-state index in [1.54, 1.807) is 7.11 Å². The lowest BCUT2D eigenvalue weighted by molar-refractivity contribution is 0.318. The SMILES string of the molecule is COc1cccc(CN(C)Cc2ccc(Cl)c(N)c2)c1. The third-order valence-electron chi connectivity index (χ3n) is 3.10. The zero-order valence-electron chi connectivity index (χ0n) is 11.8. The lowest BCUT2D eigenvalue weighted by atomic mass is 10.1. The van der Waals surface area contributed by atoms with E-state index in [1.165, 1.54) is 5.56 Å². The van der Waals surface area contributed by atoms with Crippen LogP contribution in [0, 0.1) is 0 Å². The van der Waals surface area contributed by atoms with Crippen molar-refractivity contribution in [2.75, 3.05) is 19.9 Å². The van der Waals surface area contributed by atoms with Gasteiger partial charge in [-0.05, 0) is 42.4 Å². The van der Waals surface area contributed by atoms with Gasteiger partial charge in [-0.15, -0.1) is 0 Å². The van der Waals surface area contributed by atoms with Gasteiger partial charge < -0.3 is 10.5 Å². The minimum Gasteiger partial charge on any atom is -0.497 e. The lowest BCUT2D eigenvalue weighted by Gasteiger charge is -2.17. The summed E-state index contributed by atoms with van der Waals surface area (Å²) in [6.07, 6.45) is 0. The first-order valence-electron chi connectivity index (χ1n) is 6.44. The Morgan fingerprint density at radius 3 is 2.45 bits per heavy atom. The van der Waals surface area contributed by atoms with Crippen molar-refractivity contribution in [3.63, 3.8) is 0 Å². The molecule has 0 saturated carbocycles. The van der Waals surface area contributed by atoms with E-state index in [0.29, 0.717) is 10.7 Å². The van der Waals surface area contributed by atoms with Crippen LogP contribution in [0.25, 0.3) is 0 Å². The fourth-order valence-corrected chi connectivity index (χ4v) is 2.26. The van der Waals surface area contributed by atoms with E-state index >= 15 is 0 Å². The molecule has 106 valence electrons. The quantitative estimate of drug-likeness (QED) is 0.856. The molecule has 0 aliphatic carbocycles. The lowest BCUT2D eigenvalue weighted by Crippen LogP contribution is -2.17. The fourth-order valence-electron chi connectivity index (χ4n) is 2.14. The van der Waals surface area contributed by atoms with Gasteiger partial charge in [0.25, 0.3) is 0 Å². The van der Waals surface area contributed by atoms with Crippen LogP contribution >= 0.6 is 11.6 Å². The summed E-state index contributed by atoms with van der Waals surface area (Å²) in [5.74, 6) is 0.881. The van der Waals surface area contributed by atoms with Crippen LogP contribution < -0.4 is 10.5 Å². The highest BCUT2D eigenvalue weighted by Gasteiger charge is 2.04. The van der Waals surface area contributed by atoms with Gasteiger partial charge in [0.05, 0.1) is 17.8 Å². The van der Waals surface area contributed by atoms with Crippen molar-refractivity contribution < 1.29 is 4.74 Å². The highest BCUT2D eigenvalue weighted by atomic mass is 35.5. The minimum absolute atomic E-state index is 0.601. The summed E-state index contributed by atoms with van der Waals surface area (Å²) in [6.45, 7) is 1.66. The molecule has 0 spiro atoms. The van der Waals surface area contributed by atoms with Crippen molar-refractivity contribution in [3.8, 4) is 5.75 Å². The van der Waals surface area contributed by atoms with Gasteiger partial charge in [0.2, 0.25) is 0 Å². The second-order valence-electron chi connectivity index (χ2n) is 4.88. The van der Waals surface area contributed by atoms with E-state index in [9.17, 15) is 0 Å². The maximum Gasteiger partial charge on any atom is 0.119 e. The first-order valence-corrected chi connectivity index (χ1v) is 6.81. The fraction of sp³-hybridized carbons (Fsp3) is 0.250. The van der Waals surface area contributed by atoms with Crippen molar-refractivity contribution in [1.29, 1.82) is 0 Å². The van der Waals surface area contributed by atoms with E-state index in [-0.39, 0.29) is 0 Å². The molecule has 20 heavy (non-hydrogen) atoms. The monoisotopic (exact) mass is 290 g/mol. The predicted octanol–water partition coefficient (Wildman–Crippen LogP) is 3.56. The average molecular weight is 291 g/mol. The number of ether oxygens (including phenoxy) is 1. The van der Waals surface area contributed by atoms with Crippen molar-refractivity contribution in [1.82, 2.24) is 4.90 Å². The Morgan fingerprint density at radius 2 is 1.80 bits per heavy atom. The van der Waals surface area contributed by atoms with Crippen LogP contribution in [-0.4, -0.2) is 19.1 Å². The van der Waals surface area contributed by atoms with Crippen LogP contribution in [0.5, 0.6) is 5.75 Å². The number of benzene rings is 2. The number of nitrogens with two attached hydrogens (primary N) is 1. The number of nitrogen functional groups attached to an aromatic ring is 1. The zero-order chi connectivity index (χ0) is 14.5. The van der Waals surface area contributed by atoms with Crippen LogP contribution in [0.4, 0.5) is 5.69 Å². The Morgan fingerprint density at radius 1 is 1.10 bits per heavy atom. The highest BCUT2D eigenvalue weighted by molar-refractivity contribution is 6.33. The van der Waals surface area contributed by atoms with Crippen LogP contribution in [-0.2, 0) is 13.1 Å². The highest BCUT2D eigenvalue weighted by Crippen LogP contribution is 2.21. The predicted molar refractivity (Wildman–Crippen MR) is 84.0 cm³/mol. The molecular weight excluding hydrogens is 272 g/mol. The van der Waals surface area contributed by atoms with E-state index in [1.807, 2.05) is 36.4 Å². The molecule has 4 heteroatoms. The minimum atomic E-state index is 0.601. The molecule has 3 nitrogen and oxygen atoms in total. The van der Waals surface area contributed by atoms with Crippen molar-refractivity contribution in [3.05, 3.63) is 58.6 Å². The van der Waals surface area contributed by atoms with Gasteiger partial charge in [0.1, 0.15) is 5.75 Å². The molecule has 2 N–H and O–H groups in total. The van der Waals surface area contributed by atoms with E-state index in [4.69, 9.17) is 22.1 Å². The Labute approximate surface area is 124 Å². The molecule has 0 aliphatic heterocycles. The molecule has 2 aromatic carbocycles. The van der Waals surface area contributed by atoms with Crippen molar-refractivity contribution >= 4 is 17.3 Å². The normalized spacial score (nSPS) is 10.8. The van der Waals surface area contributed by atoms with E-state index < -0.39 is 0 Å². The standard InChI is InChI=1S/C16H19ClN2O/c1-19(10-12-4-3-5-14(8-12)20-2)11-13-6-7-15(17)16(18)9-13/h3-9H,10-11,18H2,1-2H3. The van der Waals surface area contributed by atoms with Crippen LogP contribution in [0.3, 0.4) is 0 Å². The van der Waals surface area contributed by atoms with E-state index in [2.05, 4.69) is 18.0 Å². The smallest absolute Gasteiger partial charge is 0.119 e. The maximum absolute atomic E-state index is 5.93. The van der Waals surface area contributed by atoms with Gasteiger partial charge >= 0.3 is 0 Å². The van der Waals surface area contributed by atoms with Crippen LogP contribution in [0.2, 0.25) is 5.02 Å². The Balaban J connectivity index is 2.00. The third-order valence-corrected chi connectivity index (χ3v) is 3.44. The molecular formula is C16H19ClN2O. The van der Waals surface area contributed by atoms with Crippen molar-refractivity contribution in [2.24, 2.45) is 0 Å². The van der Waals surface area contributed by atoms with Gasteiger partial charge in [0.15, 0.2) is 0 Å². The molecule has 0 atom stereocenters. The summed E-state index contributed by atoms with van der Waals surface area (Å²) in [6, 6.07) is 13.9. The summed E-state index contributed by atoms with van der Waals surface area (Å²) in [7, 11) is 3.75. The summed E-state index contributed by atoms with van der Waals surface area (Å²) in [4.78, 5) is 2.22. The second kappa shape index (κ2) is 6.64. The number of hydrogen-bond donors (Lipinski definition) is 1. The number of halogens is 1. The molecule has 0 saturated heterocycles. The molecule has 0 aromatic heterocycles. The summed E-state index contributed by atoms with van der Waals surface area (Å²) in [5.41, 5.74) is 8.81. The number of nitrogens with zero attached hydrogens (tertiary/aromatic N) is 1. The van der Waals surface area contributed by atoms with Crippen LogP contribution in [0.15, 0.2) is 42.5 Å². The molecule has 0 amide bonds. The second-order valence-corrected chi connectivity index (χ2v) is 5.29. The number of hydrogen-bond acceptors (Lipinski definition) is 3. The third kappa shape index (κ3) is 3.89. The van der Waals surface area contributed by atoms with Crippen LogP contribution in [0.1, 0.15) is 11.1 Å². The maximum atomic E-state index is 5.93. The summed E-state index contributed by atoms with van der Waals surface area (Å²) >= 11 is 5.93. The molecule has 0 aliphatic rings. The average Bonchev–Trinajstić information content (AvgIpc) is 2.43. The van der Waals surface area contributed by atoms with Gasteiger partial charge in [-0.3, -0.25) is 4.90 Å². The summed E-state index contributed by atoms with van der Waals surface area (Å²) < 4.78 is 5.23. The molecule has 0 bridgehead atoms. The Hall–Kier alpha value is -1.71. The number of rotatable bonds is 5. The molecule has 0 radical (unpaired) electrons. The Bertz CT molecular complexity index is 586. The molecule has 2 rings (SSSR count). The number of anilines is 1. The molecule has 0 unspecified atom stereocenters. The summed E-state index contributed by atoms with van der Waals surface area (Å²) in [5, 5.41) is 0.601. The topological polar surface area (TPSA) is 38.5 Å². The zero-order valence-corrected chi connectivity index (χ0v) is 12.5. The van der Waals surface area contributed by atoms with Gasteiger partial charge in [-0.25, -0.2) is 0 Å². The Kier molecular flexibility index (Phi) is 4.88. The van der Waals surface area contributed by atoms with E-state index in [0.717, 1.165) is 24.4 Å². The largest absolute Gasteiger partial charge is 0.497 e. The van der Waals surface area contributed by atoms with Gasteiger partial charge in [-0.1, -0.05) is 29.8 Å². The van der Waals surface area contributed by atoms with Gasteiger partial charge in [0, 0.05) is 13.1 Å². The van der Waals surface area contributed by atoms with Crippen molar-refractivity contribution in [2.45, 2.75) is 13.1 Å². The first-order chi connectivity index (χ1) is 9.58. The molecule has 0 fully saturated rings. The molecule has 2 aromatic rings. The molecule has 0 heterocycles.